The van der Waals surface area contributed by atoms with Crippen LogP contribution in [-0.4, -0.2) is 86.2 Å². The van der Waals surface area contributed by atoms with E-state index in [-0.39, 0.29) is 25.4 Å². The maximum absolute atomic E-state index is 13.6. The summed E-state index contributed by atoms with van der Waals surface area (Å²) in [5.41, 5.74) is -0.466. The molecule has 0 unspecified atom stereocenters. The molecule has 4 fully saturated rings. The van der Waals surface area contributed by atoms with Gasteiger partial charge < -0.3 is 32.7 Å². The number of H-pyrrole nitrogens is 1. The Labute approximate surface area is 381 Å². The van der Waals surface area contributed by atoms with Crippen LogP contribution in [0.3, 0.4) is 0 Å². The van der Waals surface area contributed by atoms with Crippen molar-refractivity contribution in [1.82, 2.24) is 14.2 Å². The third-order valence-electron chi connectivity index (χ3n) is 13.9. The van der Waals surface area contributed by atoms with E-state index in [2.05, 4.69) is 89.0 Å². The maximum atomic E-state index is 13.6. The van der Waals surface area contributed by atoms with Gasteiger partial charge in [-0.3, -0.25) is 14.3 Å². The summed E-state index contributed by atoms with van der Waals surface area (Å²) in [6, 6.07) is 48.7. The van der Waals surface area contributed by atoms with Crippen molar-refractivity contribution in [1.29, 1.82) is 0 Å². The largest absolute Gasteiger partial charge is 0.497 e. The molecule has 12 nitrogen and oxygen atoms in total. The molecule has 336 valence electrons. The summed E-state index contributed by atoms with van der Waals surface area (Å²) in [4.78, 5) is 28.7. The number of nitrogens with one attached hydrogen (secondary N) is 1. The Kier molecular flexibility index (Phi) is 12.0. The van der Waals surface area contributed by atoms with Gasteiger partial charge in [0.1, 0.15) is 43.0 Å². The average molecular weight is 912 g/mol. The van der Waals surface area contributed by atoms with Crippen LogP contribution in [0.1, 0.15) is 41.3 Å². The van der Waals surface area contributed by atoms with Crippen LogP contribution in [0.4, 0.5) is 0 Å². The van der Waals surface area contributed by atoms with Gasteiger partial charge in [-0.25, -0.2) is 9.46 Å². The normalized spacial score (nSPS) is 25.2. The van der Waals surface area contributed by atoms with Crippen molar-refractivity contribution in [3.8, 4) is 11.5 Å². The highest BCUT2D eigenvalue weighted by molar-refractivity contribution is 7.45. The predicted molar refractivity (Wildman–Crippen MR) is 252 cm³/mol. The van der Waals surface area contributed by atoms with E-state index >= 15 is 0 Å². The lowest BCUT2D eigenvalue weighted by molar-refractivity contribution is -0.203. The van der Waals surface area contributed by atoms with Crippen molar-refractivity contribution in [2.75, 3.05) is 34.0 Å². The van der Waals surface area contributed by atoms with Crippen molar-refractivity contribution in [3.05, 3.63) is 189 Å². The van der Waals surface area contributed by atoms with Gasteiger partial charge in [0, 0.05) is 24.3 Å². The van der Waals surface area contributed by atoms with Crippen LogP contribution in [0.25, 0.3) is 0 Å². The Hall–Kier alpha value is -5.21. The number of aryl methyl sites for hydroxylation is 1. The lowest BCUT2D eigenvalue weighted by atomic mass is 9.79. The lowest BCUT2D eigenvalue weighted by Gasteiger charge is -2.40. The zero-order valence-electron chi connectivity index (χ0n) is 37.0. The molecular formula is C51H54N3O9PSi. The first-order valence-corrected chi connectivity index (χ1v) is 26.1. The molecule has 1 N–H and O–H groups in total. The summed E-state index contributed by atoms with van der Waals surface area (Å²) < 4.78 is 50.9. The molecule has 10 rings (SSSR count). The number of aromatic nitrogens is 2. The molecule has 1 aromatic heterocycles. The number of benzene rings is 5. The van der Waals surface area contributed by atoms with Crippen LogP contribution >= 0.6 is 8.53 Å². The van der Waals surface area contributed by atoms with Gasteiger partial charge in [0.25, 0.3) is 14.1 Å². The minimum Gasteiger partial charge on any atom is -0.497 e. The van der Waals surface area contributed by atoms with Gasteiger partial charge in [-0.15, -0.1) is 0 Å². The van der Waals surface area contributed by atoms with E-state index in [1.807, 2.05) is 66.7 Å². The molecule has 5 heterocycles. The third-order valence-corrected chi connectivity index (χ3v) is 20.1. The topological polar surface area (TPSA) is 123 Å². The summed E-state index contributed by atoms with van der Waals surface area (Å²) in [7, 11) is -0.594. The second kappa shape index (κ2) is 17.9. The molecule has 4 aliphatic rings. The molecule has 5 aromatic carbocycles. The molecule has 0 spiro atoms. The highest BCUT2D eigenvalue weighted by atomic mass is 31.2. The van der Waals surface area contributed by atoms with Gasteiger partial charge in [-0.2, -0.15) is 0 Å². The Balaban J connectivity index is 1.04. The lowest BCUT2D eigenvalue weighted by Crippen LogP contribution is -2.58. The standard InChI is InChI=1S/C51H54N3O9PSi/c1-35-31-53(49(56)52-47(35)55)48-45-46(63-64-54-30-14-21-43(54)44(62-64)32-65(4,41-17-10-6-11-18-41)42-19-12-7-13-20-42)50(61-48,33-59-45)34-60-51(36-15-8-5-9-16-36,37-22-26-39(57-2)27-23-37)38-24-28-40(58-3)29-25-38/h5-13,15-20,22-29,31,43-46,48H,14,21,30,32-34H2,1-4H3,(H,52,55,56)/t43-,44+,45-,46+,48-,50-,64-/m1/s1. The predicted octanol–water partition coefficient (Wildman–Crippen LogP) is 6.91. The van der Waals surface area contributed by atoms with Crippen LogP contribution in [-0.2, 0) is 28.9 Å². The van der Waals surface area contributed by atoms with E-state index in [0.717, 1.165) is 42.1 Å². The average Bonchev–Trinajstić information content (AvgIpc) is 4.13. The number of methoxy groups -OCH3 is 2. The van der Waals surface area contributed by atoms with E-state index in [9.17, 15) is 9.59 Å². The van der Waals surface area contributed by atoms with Crippen LogP contribution in [0.5, 0.6) is 11.5 Å². The van der Waals surface area contributed by atoms with Gasteiger partial charge in [0.15, 0.2) is 6.23 Å². The van der Waals surface area contributed by atoms with Crippen molar-refractivity contribution in [2.24, 2.45) is 0 Å². The maximum Gasteiger partial charge on any atom is 0.330 e. The number of nitrogens with zero attached hydrogens (tertiary/aromatic N) is 2. The smallest absolute Gasteiger partial charge is 0.330 e. The second-order valence-electron chi connectivity index (χ2n) is 17.7. The van der Waals surface area contributed by atoms with Crippen molar-refractivity contribution >= 4 is 27.0 Å². The number of ether oxygens (including phenoxy) is 5. The molecule has 0 amide bonds. The number of hydrogen-bond acceptors (Lipinski definition) is 10. The van der Waals surface area contributed by atoms with Crippen LogP contribution in [0, 0.1) is 6.92 Å². The monoisotopic (exact) mass is 911 g/mol. The zero-order chi connectivity index (χ0) is 44.8. The van der Waals surface area contributed by atoms with Gasteiger partial charge in [0.2, 0.25) is 0 Å². The molecule has 14 heteroatoms. The Morgan fingerprint density at radius 3 is 1.95 bits per heavy atom. The Morgan fingerprint density at radius 2 is 1.37 bits per heavy atom. The number of hydrogen-bond donors (Lipinski definition) is 1. The first kappa shape index (κ1) is 43.7. The molecule has 7 atom stereocenters. The third kappa shape index (κ3) is 7.81. The van der Waals surface area contributed by atoms with E-state index in [0.29, 0.717) is 17.1 Å². The van der Waals surface area contributed by atoms with Crippen molar-refractivity contribution in [2.45, 2.75) is 74.1 Å². The van der Waals surface area contributed by atoms with E-state index in [1.54, 1.807) is 21.1 Å². The molecule has 4 aliphatic heterocycles. The van der Waals surface area contributed by atoms with E-state index < -0.39 is 57.5 Å². The SMILES string of the molecule is COc1ccc(C(OC[C@@]23CO[C@@H]([C@H](n4cc(C)c(=O)[nH]c4=O)O2)[C@@H]3O[P@@]2O[C@@H](C[Si](C)(c3ccccc3)c3ccccc3)[C@H]3CCCN32)(c2ccccc2)c2ccc(OC)cc2)cc1. The Morgan fingerprint density at radius 1 is 0.800 bits per heavy atom. The van der Waals surface area contributed by atoms with Crippen molar-refractivity contribution < 1.29 is 32.7 Å². The molecule has 0 aliphatic carbocycles. The van der Waals surface area contributed by atoms with Gasteiger partial charge in [-0.1, -0.05) is 132 Å². The molecular weight excluding hydrogens is 858 g/mol. The fourth-order valence-corrected chi connectivity index (χ4v) is 16.4. The summed E-state index contributed by atoms with van der Waals surface area (Å²) >= 11 is 0. The molecule has 65 heavy (non-hydrogen) atoms. The fourth-order valence-electron chi connectivity index (χ4n) is 10.3. The quantitative estimate of drug-likeness (QED) is 0.0662. The minimum atomic E-state index is -2.29. The molecule has 4 saturated heterocycles. The van der Waals surface area contributed by atoms with Gasteiger partial charge in [-0.05, 0) is 66.8 Å². The zero-order valence-corrected chi connectivity index (χ0v) is 38.9. The molecule has 6 aromatic rings. The first-order valence-electron chi connectivity index (χ1n) is 22.3. The number of aromatic amines is 1. The minimum absolute atomic E-state index is 0.00225. The summed E-state index contributed by atoms with van der Waals surface area (Å²) in [5.74, 6) is 1.42. The molecule has 0 radical (unpaired) electrons. The molecule has 2 bridgehead atoms. The van der Waals surface area contributed by atoms with E-state index in [1.165, 1.54) is 21.1 Å². The molecule has 0 saturated carbocycles. The summed E-state index contributed by atoms with van der Waals surface area (Å²) in [6.07, 6.45) is 1.14. The fraction of sp³-hybridized carbons (Fsp3) is 0.333. The number of fused-ring (bicyclic) bond motifs is 3. The first-order chi connectivity index (χ1) is 31.7. The van der Waals surface area contributed by atoms with Gasteiger partial charge >= 0.3 is 5.69 Å². The van der Waals surface area contributed by atoms with Crippen LogP contribution < -0.4 is 31.1 Å². The van der Waals surface area contributed by atoms with E-state index in [4.69, 9.17) is 32.7 Å². The number of rotatable bonds is 15. The van der Waals surface area contributed by atoms with Crippen LogP contribution in [0.2, 0.25) is 12.6 Å². The highest BCUT2D eigenvalue weighted by Crippen LogP contribution is 2.61. The van der Waals surface area contributed by atoms with Crippen molar-refractivity contribution in [3.63, 3.8) is 0 Å². The van der Waals surface area contributed by atoms with Gasteiger partial charge in [0.05, 0.1) is 33.5 Å². The second-order valence-corrected chi connectivity index (χ2v) is 23.3. The summed E-state index contributed by atoms with van der Waals surface area (Å²) in [6.45, 7) is 5.09. The summed E-state index contributed by atoms with van der Waals surface area (Å²) in [5, 5.41) is 2.73. The Bertz CT molecular complexity index is 2620. The highest BCUT2D eigenvalue weighted by Gasteiger charge is 2.66. The van der Waals surface area contributed by atoms with Crippen LogP contribution in [0.15, 0.2) is 155 Å².